The van der Waals surface area contributed by atoms with Gasteiger partial charge in [0, 0.05) is 28.2 Å². The van der Waals surface area contributed by atoms with Gasteiger partial charge in [0.1, 0.15) is 0 Å². The topological polar surface area (TPSA) is 41.6 Å². The van der Waals surface area contributed by atoms with Gasteiger partial charge >= 0.3 is 0 Å². The van der Waals surface area contributed by atoms with Crippen molar-refractivity contribution in [2.45, 2.75) is 13.3 Å². The second kappa shape index (κ2) is 4.53. The maximum atomic E-state index is 4.49. The Kier molecular flexibility index (Phi) is 2.88. The minimum atomic E-state index is 0.817. The number of H-pyrrole nitrogens is 1. The standard InChI is InChI=1S/C14H12BrN3/c1-9-14-12(18-17-9)5-6-16-13(14)8-10-3-2-4-11(15)7-10/h2-7H,8H2,1H3,(H,17,18). The van der Waals surface area contributed by atoms with Crippen molar-refractivity contribution in [2.75, 3.05) is 0 Å². The Balaban J connectivity index is 2.07. The number of halogens is 1. The van der Waals surface area contributed by atoms with Gasteiger partial charge in [-0.3, -0.25) is 10.1 Å². The van der Waals surface area contributed by atoms with Crippen molar-refractivity contribution >= 4 is 26.8 Å². The number of aromatic nitrogens is 3. The molecule has 0 atom stereocenters. The molecule has 0 saturated carbocycles. The quantitative estimate of drug-likeness (QED) is 0.785. The summed E-state index contributed by atoms with van der Waals surface area (Å²) >= 11 is 3.49. The molecule has 1 N–H and O–H groups in total. The van der Waals surface area contributed by atoms with Crippen LogP contribution in [-0.4, -0.2) is 15.2 Å². The summed E-state index contributed by atoms with van der Waals surface area (Å²) in [5.74, 6) is 0. The fraction of sp³-hybridized carbons (Fsp3) is 0.143. The molecule has 18 heavy (non-hydrogen) atoms. The van der Waals surface area contributed by atoms with Gasteiger partial charge in [-0.1, -0.05) is 28.1 Å². The largest absolute Gasteiger partial charge is 0.282 e. The van der Waals surface area contributed by atoms with E-state index in [9.17, 15) is 0 Å². The zero-order chi connectivity index (χ0) is 12.5. The van der Waals surface area contributed by atoms with Crippen molar-refractivity contribution in [1.82, 2.24) is 15.2 Å². The molecule has 0 bridgehead atoms. The van der Waals surface area contributed by atoms with E-state index in [1.807, 2.05) is 31.3 Å². The molecule has 0 amide bonds. The van der Waals surface area contributed by atoms with Crippen molar-refractivity contribution in [2.24, 2.45) is 0 Å². The van der Waals surface area contributed by atoms with E-state index in [1.165, 1.54) is 5.56 Å². The molecule has 3 aromatic rings. The van der Waals surface area contributed by atoms with E-state index in [1.54, 1.807) is 0 Å². The lowest BCUT2D eigenvalue weighted by molar-refractivity contribution is 1.07. The number of fused-ring (bicyclic) bond motifs is 1. The molecule has 0 aliphatic rings. The molecule has 0 radical (unpaired) electrons. The normalized spacial score (nSPS) is 11.0. The highest BCUT2D eigenvalue weighted by molar-refractivity contribution is 9.10. The predicted molar refractivity (Wildman–Crippen MR) is 75.6 cm³/mol. The van der Waals surface area contributed by atoms with E-state index in [0.29, 0.717) is 0 Å². The molecule has 3 nitrogen and oxygen atoms in total. The van der Waals surface area contributed by atoms with Crippen LogP contribution in [0.3, 0.4) is 0 Å². The fourth-order valence-electron chi connectivity index (χ4n) is 2.17. The van der Waals surface area contributed by atoms with Crippen LogP contribution in [0, 0.1) is 6.92 Å². The molecule has 2 heterocycles. The second-order valence-electron chi connectivity index (χ2n) is 4.31. The molecule has 1 aromatic carbocycles. The maximum Gasteiger partial charge on any atom is 0.0957 e. The van der Waals surface area contributed by atoms with Crippen LogP contribution in [0.2, 0.25) is 0 Å². The third kappa shape index (κ3) is 2.04. The van der Waals surface area contributed by atoms with Gasteiger partial charge in [-0.05, 0) is 30.7 Å². The van der Waals surface area contributed by atoms with Gasteiger partial charge in [-0.15, -0.1) is 0 Å². The third-order valence-electron chi connectivity index (χ3n) is 2.99. The Morgan fingerprint density at radius 1 is 1.28 bits per heavy atom. The predicted octanol–water partition coefficient (Wildman–Crippen LogP) is 3.62. The van der Waals surface area contributed by atoms with Crippen LogP contribution in [0.4, 0.5) is 0 Å². The summed E-state index contributed by atoms with van der Waals surface area (Å²) in [5.41, 5.74) is 4.36. The van der Waals surface area contributed by atoms with Crippen LogP contribution in [0.1, 0.15) is 17.0 Å². The molecule has 0 unspecified atom stereocenters. The highest BCUT2D eigenvalue weighted by Gasteiger charge is 2.08. The number of benzene rings is 1. The van der Waals surface area contributed by atoms with E-state index < -0.39 is 0 Å². The van der Waals surface area contributed by atoms with Gasteiger partial charge < -0.3 is 0 Å². The van der Waals surface area contributed by atoms with Gasteiger partial charge in [0.15, 0.2) is 0 Å². The maximum absolute atomic E-state index is 4.49. The number of aryl methyl sites for hydroxylation is 1. The van der Waals surface area contributed by atoms with Gasteiger partial charge in [0.2, 0.25) is 0 Å². The summed E-state index contributed by atoms with van der Waals surface area (Å²) in [7, 11) is 0. The monoisotopic (exact) mass is 301 g/mol. The lowest BCUT2D eigenvalue weighted by Crippen LogP contribution is -1.93. The molecule has 0 spiro atoms. The zero-order valence-electron chi connectivity index (χ0n) is 9.94. The average Bonchev–Trinajstić information content (AvgIpc) is 2.72. The fourth-order valence-corrected chi connectivity index (χ4v) is 2.62. The first-order chi connectivity index (χ1) is 8.74. The van der Waals surface area contributed by atoms with Crippen molar-refractivity contribution in [3.05, 3.63) is 58.0 Å². The minimum absolute atomic E-state index is 0.817. The first-order valence-corrected chi connectivity index (χ1v) is 6.56. The van der Waals surface area contributed by atoms with Crippen molar-refractivity contribution < 1.29 is 0 Å². The highest BCUT2D eigenvalue weighted by atomic mass is 79.9. The number of nitrogens with zero attached hydrogens (tertiary/aromatic N) is 2. The van der Waals surface area contributed by atoms with Gasteiger partial charge in [-0.25, -0.2) is 0 Å². The number of hydrogen-bond donors (Lipinski definition) is 1. The molecule has 0 fully saturated rings. The van der Waals surface area contributed by atoms with E-state index in [4.69, 9.17) is 0 Å². The molecule has 0 aliphatic carbocycles. The van der Waals surface area contributed by atoms with Crippen LogP contribution >= 0.6 is 15.9 Å². The van der Waals surface area contributed by atoms with E-state index in [2.05, 4.69) is 43.2 Å². The van der Waals surface area contributed by atoms with Gasteiger partial charge in [-0.2, -0.15) is 5.10 Å². The lowest BCUT2D eigenvalue weighted by atomic mass is 10.1. The second-order valence-corrected chi connectivity index (χ2v) is 5.22. The third-order valence-corrected chi connectivity index (χ3v) is 3.48. The highest BCUT2D eigenvalue weighted by Crippen LogP contribution is 2.21. The summed E-state index contributed by atoms with van der Waals surface area (Å²) in [4.78, 5) is 4.49. The first-order valence-electron chi connectivity index (χ1n) is 5.77. The Bertz CT molecular complexity index is 703. The lowest BCUT2D eigenvalue weighted by Gasteiger charge is -2.03. The molecule has 0 aliphatic heterocycles. The van der Waals surface area contributed by atoms with Crippen molar-refractivity contribution in [3.8, 4) is 0 Å². The van der Waals surface area contributed by atoms with Gasteiger partial charge in [0.25, 0.3) is 0 Å². The van der Waals surface area contributed by atoms with E-state index in [0.717, 1.165) is 33.2 Å². The van der Waals surface area contributed by atoms with E-state index in [-0.39, 0.29) is 0 Å². The smallest absolute Gasteiger partial charge is 0.0957 e. The van der Waals surface area contributed by atoms with Crippen LogP contribution in [0.15, 0.2) is 41.0 Å². The Morgan fingerprint density at radius 2 is 2.17 bits per heavy atom. The first kappa shape index (κ1) is 11.4. The van der Waals surface area contributed by atoms with Crippen molar-refractivity contribution in [1.29, 1.82) is 0 Å². The Morgan fingerprint density at radius 3 is 3.00 bits per heavy atom. The molecule has 4 heteroatoms. The summed E-state index contributed by atoms with van der Waals surface area (Å²) in [6.07, 6.45) is 2.63. The Hall–Kier alpha value is -1.68. The number of pyridine rings is 1. The average molecular weight is 302 g/mol. The van der Waals surface area contributed by atoms with Crippen LogP contribution in [0.5, 0.6) is 0 Å². The Labute approximate surface area is 113 Å². The molecular weight excluding hydrogens is 290 g/mol. The van der Waals surface area contributed by atoms with E-state index >= 15 is 0 Å². The molecule has 0 saturated heterocycles. The number of nitrogens with one attached hydrogen (secondary N) is 1. The van der Waals surface area contributed by atoms with Crippen LogP contribution < -0.4 is 0 Å². The summed E-state index contributed by atoms with van der Waals surface area (Å²) in [6.45, 7) is 2.03. The number of aromatic amines is 1. The number of hydrogen-bond acceptors (Lipinski definition) is 2. The van der Waals surface area contributed by atoms with Crippen LogP contribution in [-0.2, 0) is 6.42 Å². The minimum Gasteiger partial charge on any atom is -0.282 e. The number of rotatable bonds is 2. The zero-order valence-corrected chi connectivity index (χ0v) is 11.5. The molecular formula is C14H12BrN3. The summed E-state index contributed by atoms with van der Waals surface area (Å²) in [6, 6.07) is 10.2. The molecule has 3 rings (SSSR count). The van der Waals surface area contributed by atoms with Crippen LogP contribution in [0.25, 0.3) is 10.9 Å². The van der Waals surface area contributed by atoms with Crippen molar-refractivity contribution in [3.63, 3.8) is 0 Å². The summed E-state index contributed by atoms with van der Waals surface area (Å²) < 4.78 is 1.09. The SMILES string of the molecule is Cc1[nH]nc2ccnc(Cc3cccc(Br)c3)c12. The summed E-state index contributed by atoms with van der Waals surface area (Å²) in [5, 5.41) is 8.42. The molecule has 2 aromatic heterocycles. The molecule has 90 valence electrons. The van der Waals surface area contributed by atoms with Gasteiger partial charge in [0.05, 0.1) is 11.2 Å².